The fourth-order valence-electron chi connectivity index (χ4n) is 3.03. The Kier molecular flexibility index (Phi) is 5.14. The molecule has 0 aliphatic carbocycles. The monoisotopic (exact) mass is 390 g/mol. The molecule has 0 unspecified atom stereocenters. The molecule has 140 valence electrons. The molecule has 0 fully saturated rings. The quantitative estimate of drug-likeness (QED) is 0.407. The van der Waals surface area contributed by atoms with Gasteiger partial charge in [0.2, 0.25) is 5.88 Å². The van der Waals surface area contributed by atoms with E-state index in [1.54, 1.807) is 36.6 Å². The van der Waals surface area contributed by atoms with Crippen LogP contribution in [0.1, 0.15) is 22.8 Å². The van der Waals surface area contributed by atoms with Gasteiger partial charge in [0.05, 0.1) is 12.0 Å². The summed E-state index contributed by atoms with van der Waals surface area (Å²) in [6, 6.07) is 15.4. The summed E-state index contributed by atoms with van der Waals surface area (Å²) in [6.45, 7) is 1.87. The normalized spacial score (nSPS) is 10.9. The Hall–Kier alpha value is -3.09. The predicted octanol–water partition coefficient (Wildman–Crippen LogP) is 5.50. The molecule has 2 heterocycles. The number of fused-ring (bicyclic) bond motifs is 1. The first-order valence-corrected chi connectivity index (χ1v) is 9.63. The standard InChI is InChI=1S/C22H18N2O3S/c1-14(25)16-8-9-19(17(10-16)11-26-2)27-21-20-18(15-6-4-3-5-7-15)12-28-22(20)24-13-23-21/h3-10,12-13H,11H2,1-2H3. The van der Waals surface area contributed by atoms with Crippen molar-refractivity contribution in [3.63, 3.8) is 0 Å². The summed E-state index contributed by atoms with van der Waals surface area (Å²) in [5, 5.41) is 2.94. The van der Waals surface area contributed by atoms with Gasteiger partial charge in [0.1, 0.15) is 16.9 Å². The van der Waals surface area contributed by atoms with E-state index in [0.717, 1.165) is 26.9 Å². The number of ether oxygens (including phenoxy) is 2. The Morgan fingerprint density at radius 1 is 1.11 bits per heavy atom. The summed E-state index contributed by atoms with van der Waals surface area (Å²) in [5.41, 5.74) is 3.52. The number of hydrogen-bond acceptors (Lipinski definition) is 6. The molecule has 28 heavy (non-hydrogen) atoms. The summed E-state index contributed by atoms with van der Waals surface area (Å²) in [5.74, 6) is 1.09. The van der Waals surface area contributed by atoms with E-state index in [2.05, 4.69) is 27.5 Å². The zero-order valence-corrected chi connectivity index (χ0v) is 16.3. The number of carbonyl (C=O) groups excluding carboxylic acids is 1. The van der Waals surface area contributed by atoms with Gasteiger partial charge in [-0.15, -0.1) is 11.3 Å². The molecule has 0 saturated carbocycles. The molecule has 4 aromatic rings. The van der Waals surface area contributed by atoms with Crippen LogP contribution < -0.4 is 4.74 Å². The summed E-state index contributed by atoms with van der Waals surface area (Å²) >= 11 is 1.55. The van der Waals surface area contributed by atoms with E-state index in [1.165, 1.54) is 13.3 Å². The molecular weight excluding hydrogens is 372 g/mol. The molecule has 0 radical (unpaired) electrons. The molecule has 6 heteroatoms. The van der Waals surface area contributed by atoms with E-state index in [1.807, 2.05) is 18.2 Å². The van der Waals surface area contributed by atoms with Crippen LogP contribution in [0.2, 0.25) is 0 Å². The minimum atomic E-state index is -0.00229. The summed E-state index contributed by atoms with van der Waals surface area (Å²) < 4.78 is 11.5. The number of methoxy groups -OCH3 is 1. The van der Waals surface area contributed by atoms with Gasteiger partial charge in [0.15, 0.2) is 5.78 Å². The van der Waals surface area contributed by atoms with Crippen LogP contribution in [-0.4, -0.2) is 22.9 Å². The number of ketones is 1. The smallest absolute Gasteiger partial charge is 0.231 e. The molecule has 4 rings (SSSR count). The van der Waals surface area contributed by atoms with Crippen molar-refractivity contribution in [2.75, 3.05) is 7.11 Å². The second-order valence-electron chi connectivity index (χ2n) is 6.29. The van der Waals surface area contributed by atoms with E-state index >= 15 is 0 Å². The van der Waals surface area contributed by atoms with Crippen molar-refractivity contribution >= 4 is 27.3 Å². The van der Waals surface area contributed by atoms with Gasteiger partial charge in [-0.3, -0.25) is 4.79 Å². The fraction of sp³-hybridized carbons (Fsp3) is 0.136. The Morgan fingerprint density at radius 3 is 2.68 bits per heavy atom. The maximum absolute atomic E-state index is 11.7. The first-order valence-electron chi connectivity index (χ1n) is 8.75. The number of rotatable bonds is 6. The predicted molar refractivity (Wildman–Crippen MR) is 110 cm³/mol. The molecule has 0 bridgehead atoms. The summed E-state index contributed by atoms with van der Waals surface area (Å²) in [4.78, 5) is 21.3. The van der Waals surface area contributed by atoms with Crippen LogP contribution >= 0.6 is 11.3 Å². The van der Waals surface area contributed by atoms with Gasteiger partial charge < -0.3 is 9.47 Å². The molecule has 0 saturated heterocycles. The Balaban J connectivity index is 1.81. The molecule has 0 aliphatic heterocycles. The molecule has 0 spiro atoms. The highest BCUT2D eigenvalue weighted by atomic mass is 32.1. The van der Waals surface area contributed by atoms with Crippen molar-refractivity contribution in [3.8, 4) is 22.8 Å². The van der Waals surface area contributed by atoms with E-state index in [0.29, 0.717) is 23.8 Å². The number of aromatic nitrogens is 2. The fourth-order valence-corrected chi connectivity index (χ4v) is 3.93. The maximum atomic E-state index is 11.7. The van der Waals surface area contributed by atoms with Crippen LogP contribution in [0.4, 0.5) is 0 Å². The summed E-state index contributed by atoms with van der Waals surface area (Å²) in [7, 11) is 1.61. The largest absolute Gasteiger partial charge is 0.438 e. The maximum Gasteiger partial charge on any atom is 0.231 e. The van der Waals surface area contributed by atoms with Crippen LogP contribution in [0.3, 0.4) is 0 Å². The SMILES string of the molecule is COCc1cc(C(C)=O)ccc1Oc1ncnc2scc(-c3ccccc3)c12. The van der Waals surface area contributed by atoms with Crippen molar-refractivity contribution in [2.24, 2.45) is 0 Å². The van der Waals surface area contributed by atoms with Crippen LogP contribution in [0, 0.1) is 0 Å². The molecule has 0 atom stereocenters. The highest BCUT2D eigenvalue weighted by Crippen LogP contribution is 2.39. The van der Waals surface area contributed by atoms with Gasteiger partial charge in [-0.05, 0) is 30.7 Å². The third-order valence-electron chi connectivity index (χ3n) is 4.39. The first-order chi connectivity index (χ1) is 13.7. The number of Topliss-reactive ketones (excluding diaryl/α,β-unsaturated/α-hetero) is 1. The highest BCUT2D eigenvalue weighted by Gasteiger charge is 2.16. The van der Waals surface area contributed by atoms with Crippen molar-refractivity contribution in [3.05, 3.63) is 71.4 Å². The minimum absolute atomic E-state index is 0.00229. The summed E-state index contributed by atoms with van der Waals surface area (Å²) in [6.07, 6.45) is 1.50. The van der Waals surface area contributed by atoms with E-state index in [9.17, 15) is 4.79 Å². The van der Waals surface area contributed by atoms with E-state index in [4.69, 9.17) is 9.47 Å². The topological polar surface area (TPSA) is 61.3 Å². The van der Waals surface area contributed by atoms with Gasteiger partial charge in [-0.2, -0.15) is 0 Å². The molecule has 0 N–H and O–H groups in total. The van der Waals surface area contributed by atoms with Crippen LogP contribution in [0.5, 0.6) is 11.6 Å². The van der Waals surface area contributed by atoms with Gasteiger partial charge >= 0.3 is 0 Å². The number of benzene rings is 2. The Morgan fingerprint density at radius 2 is 1.93 bits per heavy atom. The minimum Gasteiger partial charge on any atom is -0.438 e. The van der Waals surface area contributed by atoms with Gasteiger partial charge in [-0.1, -0.05) is 30.3 Å². The average Bonchev–Trinajstić information content (AvgIpc) is 3.15. The second kappa shape index (κ2) is 7.88. The lowest BCUT2D eigenvalue weighted by molar-refractivity contribution is 0.101. The van der Waals surface area contributed by atoms with Gasteiger partial charge in [0, 0.05) is 29.2 Å². The highest BCUT2D eigenvalue weighted by molar-refractivity contribution is 7.17. The van der Waals surface area contributed by atoms with E-state index in [-0.39, 0.29) is 5.78 Å². The Bertz CT molecular complexity index is 1140. The number of hydrogen-bond donors (Lipinski definition) is 0. The van der Waals surface area contributed by atoms with Crippen molar-refractivity contribution in [1.82, 2.24) is 9.97 Å². The zero-order chi connectivity index (χ0) is 19.5. The number of carbonyl (C=O) groups is 1. The molecule has 5 nitrogen and oxygen atoms in total. The lowest BCUT2D eigenvalue weighted by Crippen LogP contribution is -2.00. The third kappa shape index (κ3) is 3.52. The second-order valence-corrected chi connectivity index (χ2v) is 7.15. The number of nitrogens with zero attached hydrogens (tertiary/aromatic N) is 2. The average molecular weight is 390 g/mol. The molecule has 2 aromatic heterocycles. The van der Waals surface area contributed by atoms with Crippen molar-refractivity contribution in [2.45, 2.75) is 13.5 Å². The molecule has 0 amide bonds. The lowest BCUT2D eigenvalue weighted by Gasteiger charge is -2.12. The number of thiophene rings is 1. The molecule has 2 aromatic carbocycles. The van der Waals surface area contributed by atoms with Gasteiger partial charge in [-0.25, -0.2) is 9.97 Å². The van der Waals surface area contributed by atoms with Crippen LogP contribution in [-0.2, 0) is 11.3 Å². The molecule has 0 aliphatic rings. The zero-order valence-electron chi connectivity index (χ0n) is 15.5. The lowest BCUT2D eigenvalue weighted by atomic mass is 10.1. The van der Waals surface area contributed by atoms with Crippen molar-refractivity contribution < 1.29 is 14.3 Å². The van der Waals surface area contributed by atoms with Crippen LogP contribution in [0.15, 0.2) is 60.2 Å². The first kappa shape index (κ1) is 18.3. The Labute approximate surface area is 166 Å². The van der Waals surface area contributed by atoms with Crippen LogP contribution in [0.25, 0.3) is 21.3 Å². The molecular formula is C22H18N2O3S. The van der Waals surface area contributed by atoms with Crippen molar-refractivity contribution in [1.29, 1.82) is 0 Å². The van der Waals surface area contributed by atoms with Gasteiger partial charge in [0.25, 0.3) is 0 Å². The van der Waals surface area contributed by atoms with E-state index < -0.39 is 0 Å². The third-order valence-corrected chi connectivity index (χ3v) is 5.28.